The summed E-state index contributed by atoms with van der Waals surface area (Å²) < 4.78 is 20.2. The van der Waals surface area contributed by atoms with Crippen LogP contribution in [0.4, 0.5) is 0 Å². The minimum Gasteiger partial charge on any atom is -0.386 e. The van der Waals surface area contributed by atoms with Gasteiger partial charge in [-0.1, -0.05) is 112 Å². The highest BCUT2D eigenvalue weighted by molar-refractivity contribution is 6.83. The van der Waals surface area contributed by atoms with Crippen molar-refractivity contribution in [2.45, 2.75) is 51.0 Å². The molecule has 1 saturated heterocycles. The van der Waals surface area contributed by atoms with Crippen LogP contribution in [0.5, 0.6) is 0 Å². The Hall–Kier alpha value is -2.24. The van der Waals surface area contributed by atoms with Gasteiger partial charge in [0.15, 0.2) is 0 Å². The third-order valence-electron chi connectivity index (χ3n) is 5.91. The first kappa shape index (κ1) is 22.0. The Kier molecular flexibility index (Phi) is 6.73. The lowest BCUT2D eigenvalue weighted by atomic mass is 10.1. The van der Waals surface area contributed by atoms with E-state index in [0.29, 0.717) is 13.2 Å². The molecular weight excluding hydrogens is 400 g/mol. The van der Waals surface area contributed by atoms with Crippen LogP contribution in [0.25, 0.3) is 0 Å². The van der Waals surface area contributed by atoms with E-state index in [1.54, 1.807) is 0 Å². The van der Waals surface area contributed by atoms with Crippen LogP contribution >= 0.6 is 0 Å². The average Bonchev–Trinajstić information content (AvgIpc) is 3.26. The molecule has 1 aliphatic rings. The van der Waals surface area contributed by atoms with Crippen LogP contribution in [0.2, 0.25) is 5.04 Å². The molecule has 0 unspecified atom stereocenters. The summed E-state index contributed by atoms with van der Waals surface area (Å²) in [6.07, 6.45) is 0.759. The topological polar surface area (TPSA) is 27.7 Å². The molecule has 0 N–H and O–H groups in total. The molecule has 0 bridgehead atoms. The van der Waals surface area contributed by atoms with Gasteiger partial charge in [0.05, 0.1) is 19.3 Å². The van der Waals surface area contributed by atoms with E-state index in [1.165, 1.54) is 0 Å². The minimum absolute atomic E-state index is 0.0377. The second-order valence-corrected chi connectivity index (χ2v) is 13.0. The molecule has 0 saturated carbocycles. The van der Waals surface area contributed by atoms with E-state index in [9.17, 15) is 0 Å². The van der Waals surface area contributed by atoms with Gasteiger partial charge < -0.3 is 13.6 Å². The van der Waals surface area contributed by atoms with Gasteiger partial charge in [0, 0.05) is 5.04 Å². The predicted molar refractivity (Wildman–Crippen MR) is 127 cm³/mol. The van der Waals surface area contributed by atoms with Gasteiger partial charge in [0.2, 0.25) is 0 Å². The molecule has 3 nitrogen and oxygen atoms in total. The summed E-state index contributed by atoms with van der Waals surface area (Å²) in [5.41, 5.74) is 2.32. The first-order valence-electron chi connectivity index (χ1n) is 11.1. The molecule has 31 heavy (non-hydrogen) atoms. The number of ether oxygens (including phenoxy) is 1. The number of hydrogen-bond acceptors (Lipinski definition) is 3. The lowest BCUT2D eigenvalue weighted by molar-refractivity contribution is 0.0265. The standard InChI is InChI=1S/C27H32O3Si/c1-27(2,3)31(24-17-11-6-12-18-24,29-21-22-13-7-4-8-14-22)30-25-19-20-28-26(25)23-15-9-5-10-16-23/h4-18,25-26H,19-21H2,1-3H3/t25-,26-,31-/m0/s1. The summed E-state index contributed by atoms with van der Waals surface area (Å²) in [4.78, 5) is 0. The Morgan fingerprint density at radius 1 is 0.839 bits per heavy atom. The van der Waals surface area contributed by atoms with Crippen LogP contribution in [-0.4, -0.2) is 21.3 Å². The van der Waals surface area contributed by atoms with Gasteiger partial charge in [-0.3, -0.25) is 0 Å². The molecule has 3 aromatic carbocycles. The molecule has 162 valence electrons. The van der Waals surface area contributed by atoms with Gasteiger partial charge in [-0.05, 0) is 22.7 Å². The zero-order valence-electron chi connectivity index (χ0n) is 18.7. The summed E-state index contributed by atoms with van der Waals surface area (Å²) in [6.45, 7) is 7.95. The van der Waals surface area contributed by atoms with Gasteiger partial charge in [-0.2, -0.15) is 0 Å². The van der Waals surface area contributed by atoms with E-state index in [1.807, 2.05) is 18.2 Å². The van der Waals surface area contributed by atoms with Crippen LogP contribution in [0.3, 0.4) is 0 Å². The third kappa shape index (κ3) is 4.83. The summed E-state index contributed by atoms with van der Waals surface area (Å²) in [5.74, 6) is 0. The second kappa shape index (κ2) is 9.49. The maximum absolute atomic E-state index is 7.13. The van der Waals surface area contributed by atoms with Crippen molar-refractivity contribution in [2.75, 3.05) is 6.61 Å². The van der Waals surface area contributed by atoms with Crippen molar-refractivity contribution in [1.82, 2.24) is 0 Å². The number of benzene rings is 3. The van der Waals surface area contributed by atoms with Crippen molar-refractivity contribution in [3.63, 3.8) is 0 Å². The van der Waals surface area contributed by atoms with Gasteiger partial charge in [0.25, 0.3) is 0 Å². The summed E-state index contributed by atoms with van der Waals surface area (Å²) in [7, 11) is -2.88. The van der Waals surface area contributed by atoms with E-state index in [0.717, 1.165) is 22.7 Å². The molecule has 0 radical (unpaired) electrons. The largest absolute Gasteiger partial charge is 0.386 e. The van der Waals surface area contributed by atoms with Gasteiger partial charge in [-0.15, -0.1) is 0 Å². The van der Waals surface area contributed by atoms with E-state index in [2.05, 4.69) is 93.6 Å². The van der Waals surface area contributed by atoms with Crippen molar-refractivity contribution in [3.8, 4) is 0 Å². The first-order valence-corrected chi connectivity index (χ1v) is 12.9. The third-order valence-corrected chi connectivity index (χ3v) is 10.2. The first-order chi connectivity index (χ1) is 15.0. The maximum atomic E-state index is 7.13. The molecule has 0 aliphatic carbocycles. The van der Waals surface area contributed by atoms with Crippen molar-refractivity contribution >= 4 is 13.7 Å². The van der Waals surface area contributed by atoms with E-state index < -0.39 is 8.56 Å². The van der Waals surface area contributed by atoms with Gasteiger partial charge in [-0.25, -0.2) is 0 Å². The van der Waals surface area contributed by atoms with Crippen LogP contribution in [0, 0.1) is 0 Å². The SMILES string of the molecule is CC(C)(C)[Si@@](OCc1ccccc1)(O[C@H]1CCO[C@H]1c1ccccc1)c1ccccc1. The number of rotatable bonds is 7. The zero-order chi connectivity index (χ0) is 21.7. The Bertz CT molecular complexity index is 940. The fourth-order valence-corrected chi connectivity index (χ4v) is 7.98. The monoisotopic (exact) mass is 432 g/mol. The summed E-state index contributed by atoms with van der Waals surface area (Å²) in [6, 6.07) is 31.3. The van der Waals surface area contributed by atoms with Crippen molar-refractivity contribution in [3.05, 3.63) is 102 Å². The molecule has 4 heteroatoms. The van der Waals surface area contributed by atoms with Gasteiger partial charge in [0.1, 0.15) is 6.10 Å². The number of hydrogen-bond donors (Lipinski definition) is 0. The molecule has 0 aromatic heterocycles. The van der Waals surface area contributed by atoms with E-state index in [-0.39, 0.29) is 17.2 Å². The molecule has 3 aromatic rings. The minimum atomic E-state index is -2.88. The lowest BCUT2D eigenvalue weighted by Gasteiger charge is -2.43. The molecule has 4 rings (SSSR count). The highest BCUT2D eigenvalue weighted by Crippen LogP contribution is 2.42. The Balaban J connectivity index is 1.70. The summed E-state index contributed by atoms with van der Waals surface area (Å²) >= 11 is 0. The molecule has 1 heterocycles. The lowest BCUT2D eigenvalue weighted by Crippen LogP contribution is -2.62. The van der Waals surface area contributed by atoms with Crippen LogP contribution < -0.4 is 5.19 Å². The Morgan fingerprint density at radius 3 is 2.03 bits per heavy atom. The molecule has 0 amide bonds. The van der Waals surface area contributed by atoms with Crippen LogP contribution in [0.1, 0.15) is 44.4 Å². The second-order valence-electron chi connectivity index (χ2n) is 9.15. The van der Waals surface area contributed by atoms with Crippen molar-refractivity contribution < 1.29 is 13.6 Å². The Morgan fingerprint density at radius 2 is 1.42 bits per heavy atom. The maximum Gasteiger partial charge on any atom is 0.378 e. The summed E-state index contributed by atoms with van der Waals surface area (Å²) in [5, 5.41) is 0.990. The smallest absolute Gasteiger partial charge is 0.378 e. The molecule has 3 atom stereocenters. The van der Waals surface area contributed by atoms with E-state index >= 15 is 0 Å². The van der Waals surface area contributed by atoms with Crippen LogP contribution in [-0.2, 0) is 20.2 Å². The fourth-order valence-electron chi connectivity index (χ4n) is 4.29. The van der Waals surface area contributed by atoms with E-state index in [4.69, 9.17) is 13.6 Å². The van der Waals surface area contributed by atoms with Gasteiger partial charge >= 0.3 is 8.56 Å². The van der Waals surface area contributed by atoms with Crippen LogP contribution in [0.15, 0.2) is 91.0 Å². The molecule has 1 fully saturated rings. The Labute approximate surface area is 187 Å². The molecular formula is C27H32O3Si. The molecule has 1 aliphatic heterocycles. The molecule has 0 spiro atoms. The predicted octanol–water partition coefficient (Wildman–Crippen LogP) is 5.90. The zero-order valence-corrected chi connectivity index (χ0v) is 19.7. The highest BCUT2D eigenvalue weighted by atomic mass is 28.4. The van der Waals surface area contributed by atoms with Crippen molar-refractivity contribution in [2.24, 2.45) is 0 Å². The average molecular weight is 433 g/mol. The normalized spacial score (nSPS) is 21.0. The fraction of sp³-hybridized carbons (Fsp3) is 0.333. The highest BCUT2D eigenvalue weighted by Gasteiger charge is 2.54. The quantitative estimate of drug-likeness (QED) is 0.435. The van der Waals surface area contributed by atoms with Crippen molar-refractivity contribution in [1.29, 1.82) is 0 Å².